The SMILES string of the molecule is CNC(c1ccc(OC)cc1)c1ccc(C)c(C)c1OC. The molecule has 2 rings (SSSR count). The number of hydrogen-bond donors (Lipinski definition) is 1. The van der Waals surface area contributed by atoms with Gasteiger partial charge in [0.1, 0.15) is 11.5 Å². The number of ether oxygens (including phenoxy) is 2. The van der Waals surface area contributed by atoms with Crippen LogP contribution in [0.2, 0.25) is 0 Å². The molecular formula is C18H23NO2. The van der Waals surface area contributed by atoms with Crippen molar-refractivity contribution in [3.05, 3.63) is 58.7 Å². The molecule has 3 heteroatoms. The lowest BCUT2D eigenvalue weighted by atomic mass is 9.94. The zero-order valence-electron chi connectivity index (χ0n) is 13.4. The van der Waals surface area contributed by atoms with Gasteiger partial charge in [-0.25, -0.2) is 0 Å². The second kappa shape index (κ2) is 6.64. The minimum Gasteiger partial charge on any atom is -0.497 e. The first-order valence-corrected chi connectivity index (χ1v) is 7.07. The fourth-order valence-corrected chi connectivity index (χ4v) is 2.61. The summed E-state index contributed by atoms with van der Waals surface area (Å²) in [5.41, 5.74) is 4.75. The van der Waals surface area contributed by atoms with Crippen LogP contribution in [0.15, 0.2) is 36.4 Å². The number of benzene rings is 2. The Morgan fingerprint density at radius 3 is 2.10 bits per heavy atom. The Kier molecular flexibility index (Phi) is 4.86. The van der Waals surface area contributed by atoms with E-state index < -0.39 is 0 Å². The monoisotopic (exact) mass is 285 g/mol. The van der Waals surface area contributed by atoms with E-state index in [1.165, 1.54) is 16.7 Å². The summed E-state index contributed by atoms with van der Waals surface area (Å²) < 4.78 is 10.9. The first-order chi connectivity index (χ1) is 10.1. The van der Waals surface area contributed by atoms with Crippen molar-refractivity contribution in [2.45, 2.75) is 19.9 Å². The molecule has 0 saturated carbocycles. The Morgan fingerprint density at radius 1 is 0.905 bits per heavy atom. The van der Waals surface area contributed by atoms with E-state index in [-0.39, 0.29) is 6.04 Å². The van der Waals surface area contributed by atoms with Crippen molar-refractivity contribution in [2.75, 3.05) is 21.3 Å². The number of methoxy groups -OCH3 is 2. The Morgan fingerprint density at radius 2 is 1.57 bits per heavy atom. The second-order valence-electron chi connectivity index (χ2n) is 5.12. The fraction of sp³-hybridized carbons (Fsp3) is 0.333. The van der Waals surface area contributed by atoms with E-state index in [1.807, 2.05) is 19.2 Å². The van der Waals surface area contributed by atoms with Crippen molar-refractivity contribution >= 4 is 0 Å². The van der Waals surface area contributed by atoms with Crippen LogP contribution < -0.4 is 14.8 Å². The lowest BCUT2D eigenvalue weighted by molar-refractivity contribution is 0.401. The molecule has 2 aromatic rings. The largest absolute Gasteiger partial charge is 0.497 e. The molecule has 0 aliphatic heterocycles. The quantitative estimate of drug-likeness (QED) is 0.910. The average molecular weight is 285 g/mol. The highest BCUT2D eigenvalue weighted by Crippen LogP contribution is 2.34. The molecule has 0 radical (unpaired) electrons. The predicted molar refractivity (Wildman–Crippen MR) is 86.4 cm³/mol. The molecule has 1 unspecified atom stereocenters. The van der Waals surface area contributed by atoms with E-state index in [0.29, 0.717) is 0 Å². The van der Waals surface area contributed by atoms with Gasteiger partial charge >= 0.3 is 0 Å². The number of nitrogens with one attached hydrogen (secondary N) is 1. The van der Waals surface area contributed by atoms with Crippen LogP contribution in [-0.4, -0.2) is 21.3 Å². The van der Waals surface area contributed by atoms with E-state index in [1.54, 1.807) is 14.2 Å². The van der Waals surface area contributed by atoms with E-state index in [4.69, 9.17) is 9.47 Å². The molecule has 0 aromatic heterocycles. The van der Waals surface area contributed by atoms with Gasteiger partial charge in [0.15, 0.2) is 0 Å². The summed E-state index contributed by atoms with van der Waals surface area (Å²) in [4.78, 5) is 0. The standard InChI is InChI=1S/C18H23NO2/c1-12-6-11-16(18(21-5)13(12)2)17(19-3)14-7-9-15(20-4)10-8-14/h6-11,17,19H,1-5H3. The number of aryl methyl sites for hydroxylation is 1. The van der Waals surface area contributed by atoms with Crippen LogP contribution in [0.5, 0.6) is 11.5 Å². The van der Waals surface area contributed by atoms with Crippen LogP contribution in [0.25, 0.3) is 0 Å². The first kappa shape index (κ1) is 15.4. The first-order valence-electron chi connectivity index (χ1n) is 7.07. The minimum atomic E-state index is 0.0881. The molecule has 0 fully saturated rings. The zero-order valence-corrected chi connectivity index (χ0v) is 13.4. The lowest BCUT2D eigenvalue weighted by Gasteiger charge is -2.22. The Labute approximate surface area is 126 Å². The van der Waals surface area contributed by atoms with Crippen molar-refractivity contribution in [1.29, 1.82) is 0 Å². The maximum Gasteiger partial charge on any atom is 0.127 e. The molecular weight excluding hydrogens is 262 g/mol. The summed E-state index contributed by atoms with van der Waals surface area (Å²) in [6, 6.07) is 12.5. The van der Waals surface area contributed by atoms with Crippen LogP contribution in [0.4, 0.5) is 0 Å². The summed E-state index contributed by atoms with van der Waals surface area (Å²) in [6.07, 6.45) is 0. The van der Waals surface area contributed by atoms with Gasteiger partial charge in [0, 0.05) is 5.56 Å². The van der Waals surface area contributed by atoms with Gasteiger partial charge in [-0.1, -0.05) is 24.3 Å². The average Bonchev–Trinajstić information content (AvgIpc) is 2.52. The van der Waals surface area contributed by atoms with E-state index in [0.717, 1.165) is 17.1 Å². The second-order valence-corrected chi connectivity index (χ2v) is 5.12. The minimum absolute atomic E-state index is 0.0881. The molecule has 0 heterocycles. The highest BCUT2D eigenvalue weighted by atomic mass is 16.5. The van der Waals surface area contributed by atoms with E-state index in [2.05, 4.69) is 43.4 Å². The highest BCUT2D eigenvalue weighted by molar-refractivity contribution is 5.49. The normalized spacial score (nSPS) is 12.0. The van der Waals surface area contributed by atoms with Crippen molar-refractivity contribution in [2.24, 2.45) is 0 Å². The van der Waals surface area contributed by atoms with Gasteiger partial charge in [-0.3, -0.25) is 0 Å². The molecule has 0 amide bonds. The molecule has 0 spiro atoms. The summed E-state index contributed by atoms with van der Waals surface area (Å²) in [7, 11) is 5.37. The Balaban J connectivity index is 2.48. The highest BCUT2D eigenvalue weighted by Gasteiger charge is 2.18. The molecule has 1 N–H and O–H groups in total. The maximum absolute atomic E-state index is 5.64. The number of hydrogen-bond acceptors (Lipinski definition) is 3. The summed E-state index contributed by atoms with van der Waals surface area (Å²) >= 11 is 0. The fourth-order valence-electron chi connectivity index (χ4n) is 2.61. The molecule has 0 bridgehead atoms. The Hall–Kier alpha value is -2.00. The van der Waals surface area contributed by atoms with Crippen molar-refractivity contribution in [3.8, 4) is 11.5 Å². The van der Waals surface area contributed by atoms with Crippen LogP contribution in [-0.2, 0) is 0 Å². The van der Waals surface area contributed by atoms with Crippen LogP contribution in [0.3, 0.4) is 0 Å². The third kappa shape index (κ3) is 3.03. The van der Waals surface area contributed by atoms with E-state index in [9.17, 15) is 0 Å². The van der Waals surface area contributed by atoms with Gasteiger partial charge in [0.2, 0.25) is 0 Å². The Bertz CT molecular complexity index is 605. The predicted octanol–water partition coefficient (Wildman–Crippen LogP) is 3.63. The van der Waals surface area contributed by atoms with Gasteiger partial charge in [-0.05, 0) is 49.7 Å². The molecule has 3 nitrogen and oxygen atoms in total. The number of rotatable bonds is 5. The van der Waals surface area contributed by atoms with Gasteiger partial charge in [0.25, 0.3) is 0 Å². The van der Waals surface area contributed by atoms with Crippen molar-refractivity contribution < 1.29 is 9.47 Å². The third-order valence-electron chi connectivity index (χ3n) is 3.96. The molecule has 0 aliphatic carbocycles. The van der Waals surface area contributed by atoms with Crippen LogP contribution in [0, 0.1) is 13.8 Å². The molecule has 0 aliphatic rings. The lowest BCUT2D eigenvalue weighted by Crippen LogP contribution is -2.19. The van der Waals surface area contributed by atoms with Crippen molar-refractivity contribution in [3.63, 3.8) is 0 Å². The molecule has 1 atom stereocenters. The third-order valence-corrected chi connectivity index (χ3v) is 3.96. The molecule has 112 valence electrons. The maximum atomic E-state index is 5.64. The van der Waals surface area contributed by atoms with Crippen LogP contribution >= 0.6 is 0 Å². The summed E-state index contributed by atoms with van der Waals surface area (Å²) in [5.74, 6) is 1.81. The van der Waals surface area contributed by atoms with Gasteiger partial charge in [0.05, 0.1) is 20.3 Å². The van der Waals surface area contributed by atoms with Gasteiger partial charge < -0.3 is 14.8 Å². The van der Waals surface area contributed by atoms with Gasteiger partial charge in [-0.2, -0.15) is 0 Å². The van der Waals surface area contributed by atoms with Crippen molar-refractivity contribution in [1.82, 2.24) is 5.32 Å². The molecule has 0 saturated heterocycles. The molecule has 2 aromatic carbocycles. The summed E-state index contributed by atoms with van der Waals surface area (Å²) in [5, 5.41) is 3.37. The van der Waals surface area contributed by atoms with Crippen LogP contribution in [0.1, 0.15) is 28.3 Å². The topological polar surface area (TPSA) is 30.5 Å². The van der Waals surface area contributed by atoms with Gasteiger partial charge in [-0.15, -0.1) is 0 Å². The smallest absolute Gasteiger partial charge is 0.127 e. The molecule has 21 heavy (non-hydrogen) atoms. The summed E-state index contributed by atoms with van der Waals surface area (Å²) in [6.45, 7) is 4.20. The van der Waals surface area contributed by atoms with E-state index >= 15 is 0 Å². The zero-order chi connectivity index (χ0) is 15.4.